The summed E-state index contributed by atoms with van der Waals surface area (Å²) in [5.41, 5.74) is -1.73. The summed E-state index contributed by atoms with van der Waals surface area (Å²) in [6, 6.07) is 13.8. The van der Waals surface area contributed by atoms with Gasteiger partial charge in [-0.3, -0.25) is 14.9 Å². The highest BCUT2D eigenvalue weighted by molar-refractivity contribution is 6.69. The van der Waals surface area contributed by atoms with Crippen LogP contribution in [0.2, 0.25) is 19.6 Å². The smallest absolute Gasteiger partial charge is 0.415 e. The van der Waals surface area contributed by atoms with E-state index in [0.29, 0.717) is 11.2 Å². The molecule has 1 unspecified atom stereocenters. The molecule has 5 atom stereocenters. The summed E-state index contributed by atoms with van der Waals surface area (Å²) in [5, 5.41) is 21.1. The molecule has 2 saturated carbocycles. The molecule has 2 aliphatic rings. The fourth-order valence-corrected chi connectivity index (χ4v) is 9.01. The highest BCUT2D eigenvalue weighted by atomic mass is 28.4. The molecule has 0 radical (unpaired) electrons. The number of nitrogens with one attached hydrogen (secondary N) is 2. The van der Waals surface area contributed by atoms with Crippen molar-refractivity contribution < 1.29 is 52.1 Å². The first-order valence-corrected chi connectivity index (χ1v) is 24.9. The Morgan fingerprint density at radius 3 is 2.27 bits per heavy atom. The highest BCUT2D eigenvalue weighted by Crippen LogP contribution is 2.49. The molecule has 18 heteroatoms. The molecular formula is C45H62N6O11Si. The minimum atomic E-state index is -2.54. The fraction of sp³-hybridized carbons (Fsp3) is 0.600. The maximum Gasteiger partial charge on any atom is 0.415 e. The Bertz CT molecular complexity index is 2130. The fourth-order valence-electron chi connectivity index (χ4n) is 7.91. The summed E-state index contributed by atoms with van der Waals surface area (Å²) in [7, 11) is -2.54. The monoisotopic (exact) mass is 890 g/mol. The molecule has 2 amide bonds. The first-order valence-electron chi connectivity index (χ1n) is 21.5. The first-order chi connectivity index (χ1) is 29.6. The molecule has 2 fully saturated rings. The molecule has 0 aliphatic heterocycles. The average molecular weight is 891 g/mol. The maximum absolute atomic E-state index is 14.0. The van der Waals surface area contributed by atoms with Crippen LogP contribution in [0.1, 0.15) is 97.7 Å². The van der Waals surface area contributed by atoms with E-state index < -0.39 is 85.8 Å². The van der Waals surface area contributed by atoms with Gasteiger partial charge in [-0.1, -0.05) is 49.6 Å². The minimum absolute atomic E-state index is 0.0101. The third-order valence-corrected chi connectivity index (χ3v) is 11.7. The van der Waals surface area contributed by atoms with Gasteiger partial charge in [0, 0.05) is 18.8 Å². The highest BCUT2D eigenvalue weighted by Gasteiger charge is 2.60. The van der Waals surface area contributed by atoms with Crippen molar-refractivity contribution in [2.75, 3.05) is 18.7 Å². The van der Waals surface area contributed by atoms with Crippen molar-refractivity contribution in [1.29, 1.82) is 5.26 Å². The number of carbonyl (C=O) groups is 5. The number of anilines is 1. The molecule has 2 aliphatic carbocycles. The zero-order valence-electron chi connectivity index (χ0n) is 37.9. The van der Waals surface area contributed by atoms with Crippen molar-refractivity contribution >= 4 is 49.7 Å². The molecule has 0 bridgehead atoms. The summed E-state index contributed by atoms with van der Waals surface area (Å²) >= 11 is 0. The largest absolute Gasteiger partial charge is 0.464 e. The van der Waals surface area contributed by atoms with Crippen molar-refractivity contribution in [2.24, 2.45) is 17.3 Å². The number of aromatic nitrogens is 3. The van der Waals surface area contributed by atoms with Crippen LogP contribution >= 0.6 is 0 Å². The van der Waals surface area contributed by atoms with E-state index in [1.807, 2.05) is 50.0 Å². The van der Waals surface area contributed by atoms with Gasteiger partial charge < -0.3 is 33.4 Å². The van der Waals surface area contributed by atoms with Crippen LogP contribution in [0.15, 0.2) is 48.8 Å². The van der Waals surface area contributed by atoms with Gasteiger partial charge in [-0.15, -0.1) is 0 Å². The van der Waals surface area contributed by atoms with E-state index in [0.717, 1.165) is 37.7 Å². The second kappa shape index (κ2) is 20.3. The Hall–Kier alpha value is -5.54. The van der Waals surface area contributed by atoms with Crippen molar-refractivity contribution in [3.8, 4) is 6.07 Å². The number of nitriles is 1. The van der Waals surface area contributed by atoms with Gasteiger partial charge in [-0.05, 0) is 104 Å². The Labute approximate surface area is 370 Å². The van der Waals surface area contributed by atoms with Crippen molar-refractivity contribution in [3.63, 3.8) is 0 Å². The lowest BCUT2D eigenvalue weighted by Crippen LogP contribution is -2.49. The molecule has 2 N–H and O–H groups in total. The Morgan fingerprint density at radius 2 is 1.63 bits per heavy atom. The lowest BCUT2D eigenvalue weighted by molar-refractivity contribution is -0.162. The summed E-state index contributed by atoms with van der Waals surface area (Å²) in [4.78, 5) is 70.1. The summed E-state index contributed by atoms with van der Waals surface area (Å²) in [5.74, 6) is -2.28. The number of fused-ring (bicyclic) bond motifs is 1. The van der Waals surface area contributed by atoms with E-state index in [1.54, 1.807) is 53.7 Å². The number of benzene rings is 1. The summed E-state index contributed by atoms with van der Waals surface area (Å²) in [6.45, 7) is 15.1. The van der Waals surface area contributed by atoms with Crippen LogP contribution in [0.25, 0.3) is 5.52 Å². The standard InChI is InChI=1S/C45H62N6O11Si/c1-43(2,3)40(54)58-28-59-41(55)50-38-33-20-21-34(51(33)48-27-47-38)45(26-46)24-31(36(37(45)62-63(7,8)9)60-35(52)23-30-18-14-11-15-19-30)25-57-39(53)32(22-29-16-12-10-13-17-29)49-42(56)61-44(4,5)6/h10,12-13,16-17,20-21,27,30-32,36-37H,11,14-15,18-19,22-25,28H2,1-9H3,(H,49,56)(H,47,48,50,55)/t31-,32+,36-,37?,45-/m1/s1. The topological polar surface area (TPSA) is 219 Å². The van der Waals surface area contributed by atoms with Crippen LogP contribution in [0.5, 0.6) is 0 Å². The number of amides is 2. The number of esters is 3. The van der Waals surface area contributed by atoms with E-state index in [2.05, 4.69) is 26.8 Å². The zero-order valence-corrected chi connectivity index (χ0v) is 38.9. The van der Waals surface area contributed by atoms with Crippen molar-refractivity contribution in [2.45, 2.75) is 142 Å². The number of hydrogen-bond acceptors (Lipinski definition) is 14. The predicted molar refractivity (Wildman–Crippen MR) is 232 cm³/mol. The summed E-state index contributed by atoms with van der Waals surface area (Å²) < 4.78 is 36.4. The number of nitrogens with zero attached hydrogens (tertiary/aromatic N) is 4. The van der Waals surface area contributed by atoms with Gasteiger partial charge >= 0.3 is 30.1 Å². The maximum atomic E-state index is 14.0. The van der Waals surface area contributed by atoms with Gasteiger partial charge in [0.25, 0.3) is 0 Å². The van der Waals surface area contributed by atoms with E-state index in [-0.39, 0.29) is 37.6 Å². The molecule has 5 rings (SSSR count). The molecule has 2 heterocycles. The Morgan fingerprint density at radius 1 is 0.937 bits per heavy atom. The van der Waals surface area contributed by atoms with Gasteiger partial charge in [0.1, 0.15) is 41.1 Å². The van der Waals surface area contributed by atoms with Crippen molar-refractivity contribution in [1.82, 2.24) is 19.9 Å². The van der Waals surface area contributed by atoms with Crippen LogP contribution in [-0.4, -0.2) is 90.3 Å². The lowest BCUT2D eigenvalue weighted by Gasteiger charge is -2.36. The van der Waals surface area contributed by atoms with Gasteiger partial charge in [-0.2, -0.15) is 10.4 Å². The molecule has 17 nitrogen and oxygen atoms in total. The third kappa shape index (κ3) is 13.2. The average Bonchev–Trinajstić information content (AvgIpc) is 3.75. The van der Waals surface area contributed by atoms with E-state index in [9.17, 15) is 29.2 Å². The van der Waals surface area contributed by atoms with E-state index >= 15 is 0 Å². The second-order valence-corrected chi connectivity index (χ2v) is 23.8. The number of carbonyl (C=O) groups excluding carboxylic acids is 5. The molecule has 2 aromatic heterocycles. The molecule has 3 aromatic rings. The quantitative estimate of drug-likeness (QED) is 0.0658. The SMILES string of the molecule is CC(C)(C)OC(=O)N[C@@H](Cc1ccccc1)C(=O)OC[C@H]1C[C@@](C#N)(c2ccc3c(NC(=O)OCOC(=O)C(C)(C)C)ncnn23)C(O[Si](C)(C)C)[C@@H]1OC(=O)CC1CCCCC1. The molecule has 63 heavy (non-hydrogen) atoms. The summed E-state index contributed by atoms with van der Waals surface area (Å²) in [6.07, 6.45) is 2.69. The number of ether oxygens (including phenoxy) is 5. The van der Waals surface area contributed by atoms with Crippen LogP contribution < -0.4 is 10.6 Å². The normalized spacial score (nSPS) is 21.1. The Kier molecular flexibility index (Phi) is 15.6. The number of rotatable bonds is 15. The Balaban J connectivity index is 1.48. The second-order valence-electron chi connectivity index (χ2n) is 19.4. The van der Waals surface area contributed by atoms with Gasteiger partial charge in [0.15, 0.2) is 14.1 Å². The predicted octanol–water partition coefficient (Wildman–Crippen LogP) is 7.39. The third-order valence-electron chi connectivity index (χ3n) is 10.8. The van der Waals surface area contributed by atoms with Crippen LogP contribution in [-0.2, 0) is 54.3 Å². The number of hydrogen-bond donors (Lipinski definition) is 2. The number of alkyl carbamates (subject to hydrolysis) is 1. The van der Waals surface area contributed by atoms with Crippen molar-refractivity contribution in [3.05, 3.63) is 60.0 Å². The van der Waals surface area contributed by atoms with Crippen LogP contribution in [0.4, 0.5) is 15.4 Å². The first kappa shape index (κ1) is 48.5. The van der Waals surface area contributed by atoms with E-state index in [4.69, 9.17) is 28.1 Å². The van der Waals surface area contributed by atoms with Gasteiger partial charge in [-0.25, -0.2) is 23.9 Å². The van der Waals surface area contributed by atoms with E-state index in [1.165, 1.54) is 10.8 Å². The van der Waals surface area contributed by atoms with Gasteiger partial charge in [0.05, 0.1) is 23.8 Å². The van der Waals surface area contributed by atoms with Gasteiger partial charge in [0.2, 0.25) is 6.79 Å². The van der Waals surface area contributed by atoms with Crippen LogP contribution in [0, 0.1) is 28.6 Å². The van der Waals surface area contributed by atoms with Crippen LogP contribution in [0.3, 0.4) is 0 Å². The minimum Gasteiger partial charge on any atom is -0.464 e. The molecular weight excluding hydrogens is 829 g/mol. The molecule has 0 spiro atoms. The molecule has 1 aromatic carbocycles. The molecule has 0 saturated heterocycles. The molecule has 342 valence electrons. The zero-order chi connectivity index (χ0) is 46.2. The lowest BCUT2D eigenvalue weighted by atomic mass is 9.81.